The van der Waals surface area contributed by atoms with Crippen LogP contribution in [0.4, 0.5) is 0 Å². The fourth-order valence-corrected chi connectivity index (χ4v) is 5.04. The smallest absolute Gasteiger partial charge is 0.191 e. The van der Waals surface area contributed by atoms with Crippen LogP contribution < -0.4 is 10.6 Å². The van der Waals surface area contributed by atoms with Gasteiger partial charge in [0.2, 0.25) is 0 Å². The molecule has 0 aliphatic carbocycles. The molecule has 2 heterocycles. The lowest BCUT2D eigenvalue weighted by molar-refractivity contribution is -0.0835. The monoisotopic (exact) mass is 388 g/mol. The molecule has 2 atom stereocenters. The molecule has 152 valence electrons. The van der Waals surface area contributed by atoms with Gasteiger partial charge in [-0.2, -0.15) is 0 Å². The summed E-state index contributed by atoms with van der Waals surface area (Å²) in [5, 5.41) is 6.77. The highest BCUT2D eigenvalue weighted by atomic mass is 32.2. The van der Waals surface area contributed by atoms with E-state index in [1.807, 2.05) is 0 Å². The summed E-state index contributed by atoms with van der Waals surface area (Å²) < 4.78 is 29.0. The number of sulfone groups is 1. The normalized spacial score (nSPS) is 27.9. The molecular formula is C18H36N4O3S. The summed E-state index contributed by atoms with van der Waals surface area (Å²) >= 11 is 0. The molecule has 2 unspecified atom stereocenters. The van der Waals surface area contributed by atoms with E-state index in [1.54, 1.807) is 7.05 Å². The molecule has 2 rings (SSSR count). The molecule has 2 N–H and O–H groups in total. The van der Waals surface area contributed by atoms with Gasteiger partial charge in [0, 0.05) is 52.3 Å². The lowest BCUT2D eigenvalue weighted by Gasteiger charge is -2.40. The predicted octanol–water partition coefficient (Wildman–Crippen LogP) is 0.723. The first-order chi connectivity index (χ1) is 12.2. The fourth-order valence-electron chi connectivity index (χ4n) is 3.76. The molecule has 0 radical (unpaired) electrons. The lowest BCUT2D eigenvalue weighted by Crippen LogP contribution is -2.49. The highest BCUT2D eigenvalue weighted by Gasteiger charge is 2.35. The molecule has 2 aliphatic rings. The van der Waals surface area contributed by atoms with Gasteiger partial charge in [0.25, 0.3) is 0 Å². The van der Waals surface area contributed by atoms with Crippen LogP contribution in [0.2, 0.25) is 0 Å². The molecule has 7 nitrogen and oxygen atoms in total. The highest BCUT2D eigenvalue weighted by Crippen LogP contribution is 2.33. The van der Waals surface area contributed by atoms with Gasteiger partial charge in [-0.1, -0.05) is 20.8 Å². The number of ether oxygens (including phenoxy) is 1. The maximum atomic E-state index is 11.5. The number of aliphatic imine (C=N–C) groups is 1. The van der Waals surface area contributed by atoms with Crippen molar-refractivity contribution < 1.29 is 13.2 Å². The van der Waals surface area contributed by atoms with E-state index in [4.69, 9.17) is 4.74 Å². The molecule has 0 spiro atoms. The van der Waals surface area contributed by atoms with Gasteiger partial charge in [0.1, 0.15) is 0 Å². The Kier molecular flexibility index (Phi) is 7.73. The number of hydrogen-bond donors (Lipinski definition) is 2. The molecule has 2 saturated heterocycles. The second-order valence-corrected chi connectivity index (χ2v) is 10.7. The molecule has 26 heavy (non-hydrogen) atoms. The molecule has 0 aromatic carbocycles. The van der Waals surface area contributed by atoms with E-state index in [0.717, 1.165) is 38.6 Å². The van der Waals surface area contributed by atoms with Crippen molar-refractivity contribution in [2.45, 2.75) is 39.7 Å². The van der Waals surface area contributed by atoms with Gasteiger partial charge in [-0.05, 0) is 18.3 Å². The summed E-state index contributed by atoms with van der Waals surface area (Å²) in [6, 6.07) is 0. The van der Waals surface area contributed by atoms with Crippen molar-refractivity contribution in [3.63, 3.8) is 0 Å². The first kappa shape index (κ1) is 21.4. The summed E-state index contributed by atoms with van der Waals surface area (Å²) in [5.41, 5.74) is 0.137. The Bertz CT molecular complexity index is 557. The summed E-state index contributed by atoms with van der Waals surface area (Å²) in [7, 11) is -1.03. The molecule has 0 amide bonds. The van der Waals surface area contributed by atoms with Crippen molar-refractivity contribution in [3.8, 4) is 0 Å². The van der Waals surface area contributed by atoms with Crippen LogP contribution in [0.5, 0.6) is 0 Å². The number of nitrogens with zero attached hydrogens (tertiary/aromatic N) is 2. The number of rotatable bonds is 5. The van der Waals surface area contributed by atoms with Crippen molar-refractivity contribution in [3.05, 3.63) is 0 Å². The van der Waals surface area contributed by atoms with Crippen molar-refractivity contribution in [1.29, 1.82) is 0 Å². The van der Waals surface area contributed by atoms with Crippen LogP contribution in [0.15, 0.2) is 4.99 Å². The Morgan fingerprint density at radius 1 is 1.23 bits per heavy atom. The Labute approximate surface area is 158 Å². The van der Waals surface area contributed by atoms with Gasteiger partial charge in [0.05, 0.1) is 17.6 Å². The molecule has 0 aromatic heterocycles. The largest absolute Gasteiger partial charge is 0.377 e. The van der Waals surface area contributed by atoms with Crippen molar-refractivity contribution in [1.82, 2.24) is 15.5 Å². The summed E-state index contributed by atoms with van der Waals surface area (Å²) in [6.45, 7) is 11.3. The van der Waals surface area contributed by atoms with E-state index in [-0.39, 0.29) is 23.0 Å². The maximum absolute atomic E-state index is 11.5. The van der Waals surface area contributed by atoms with Gasteiger partial charge in [-0.3, -0.25) is 9.89 Å². The topological polar surface area (TPSA) is 83.0 Å². The zero-order valence-corrected chi connectivity index (χ0v) is 17.6. The first-order valence-corrected chi connectivity index (χ1v) is 11.5. The minimum atomic E-state index is -2.81. The van der Waals surface area contributed by atoms with Crippen LogP contribution in [0, 0.1) is 11.3 Å². The third kappa shape index (κ3) is 6.70. The van der Waals surface area contributed by atoms with Crippen LogP contribution in [-0.4, -0.2) is 83.3 Å². The number of hydrogen-bond acceptors (Lipinski definition) is 5. The average molecular weight is 389 g/mol. The van der Waals surface area contributed by atoms with E-state index in [1.165, 1.54) is 6.42 Å². The zero-order chi connectivity index (χ0) is 19.2. The molecule has 2 fully saturated rings. The first-order valence-electron chi connectivity index (χ1n) is 9.70. The zero-order valence-electron chi connectivity index (χ0n) is 16.8. The molecule has 0 saturated carbocycles. The standard InChI is InChI=1S/C18H36N4O3S/c1-18(2,3)16-15(6-5-11-25-16)14-21-17(19-4)20-7-8-22-9-12-26(23,24)13-10-22/h15-16H,5-14H2,1-4H3,(H2,19,20,21). The average Bonchev–Trinajstić information content (AvgIpc) is 2.58. The fraction of sp³-hybridized carbons (Fsp3) is 0.944. The van der Waals surface area contributed by atoms with E-state index in [2.05, 4.69) is 41.3 Å². The second-order valence-electron chi connectivity index (χ2n) is 8.43. The predicted molar refractivity (Wildman–Crippen MR) is 106 cm³/mol. The van der Waals surface area contributed by atoms with Crippen LogP contribution in [0.25, 0.3) is 0 Å². The number of nitrogens with one attached hydrogen (secondary N) is 2. The molecule has 2 aliphatic heterocycles. The van der Waals surface area contributed by atoms with Crippen LogP contribution in [0.1, 0.15) is 33.6 Å². The SMILES string of the molecule is CN=C(NCCN1CCS(=O)(=O)CC1)NCC1CCCOC1C(C)(C)C. The van der Waals surface area contributed by atoms with Gasteiger partial charge < -0.3 is 15.4 Å². The Balaban J connectivity index is 1.72. The molecular weight excluding hydrogens is 352 g/mol. The Hall–Kier alpha value is -0.860. The van der Waals surface area contributed by atoms with Gasteiger partial charge in [-0.25, -0.2) is 8.42 Å². The lowest BCUT2D eigenvalue weighted by atomic mass is 9.78. The minimum Gasteiger partial charge on any atom is -0.377 e. The van der Waals surface area contributed by atoms with Gasteiger partial charge in [0.15, 0.2) is 15.8 Å². The minimum absolute atomic E-state index is 0.137. The third-order valence-electron chi connectivity index (χ3n) is 5.21. The number of guanidine groups is 1. The Morgan fingerprint density at radius 3 is 2.54 bits per heavy atom. The summed E-state index contributed by atoms with van der Waals surface area (Å²) in [5.74, 6) is 1.83. The molecule has 8 heteroatoms. The van der Waals surface area contributed by atoms with Crippen molar-refractivity contribution >= 4 is 15.8 Å². The highest BCUT2D eigenvalue weighted by molar-refractivity contribution is 7.91. The summed E-state index contributed by atoms with van der Waals surface area (Å²) in [4.78, 5) is 6.49. The van der Waals surface area contributed by atoms with E-state index in [0.29, 0.717) is 19.0 Å². The second kappa shape index (κ2) is 9.37. The van der Waals surface area contributed by atoms with Crippen LogP contribution in [0.3, 0.4) is 0 Å². The molecule has 0 bridgehead atoms. The Morgan fingerprint density at radius 2 is 1.92 bits per heavy atom. The maximum Gasteiger partial charge on any atom is 0.191 e. The van der Waals surface area contributed by atoms with Gasteiger partial charge in [-0.15, -0.1) is 0 Å². The third-order valence-corrected chi connectivity index (χ3v) is 6.82. The van der Waals surface area contributed by atoms with Crippen molar-refractivity contribution in [2.24, 2.45) is 16.3 Å². The van der Waals surface area contributed by atoms with E-state index < -0.39 is 9.84 Å². The van der Waals surface area contributed by atoms with E-state index in [9.17, 15) is 8.42 Å². The van der Waals surface area contributed by atoms with Crippen LogP contribution in [-0.2, 0) is 14.6 Å². The van der Waals surface area contributed by atoms with Crippen LogP contribution >= 0.6 is 0 Å². The van der Waals surface area contributed by atoms with Crippen molar-refractivity contribution in [2.75, 3.05) is 57.9 Å². The quantitative estimate of drug-likeness (QED) is 0.534. The molecule has 0 aromatic rings. The van der Waals surface area contributed by atoms with Gasteiger partial charge >= 0.3 is 0 Å². The summed E-state index contributed by atoms with van der Waals surface area (Å²) in [6.07, 6.45) is 2.55. The van der Waals surface area contributed by atoms with E-state index >= 15 is 0 Å².